The quantitative estimate of drug-likeness (QED) is 0.232. The SMILES string of the molecule is COc1ccc(CN(CCc2cncn2Cc2ccc(C#N)cc2)C(=S)NCc2cccc3ccccc23)cn1. The van der Waals surface area contributed by atoms with Gasteiger partial charge in [0.25, 0.3) is 0 Å². The molecule has 0 aliphatic carbocycles. The van der Waals surface area contributed by atoms with Crippen LogP contribution in [0.2, 0.25) is 0 Å². The normalized spacial score (nSPS) is 10.7. The first-order valence-corrected chi connectivity index (χ1v) is 13.5. The van der Waals surface area contributed by atoms with Gasteiger partial charge in [0.05, 0.1) is 25.1 Å². The maximum Gasteiger partial charge on any atom is 0.212 e. The van der Waals surface area contributed by atoms with Crippen molar-refractivity contribution < 1.29 is 4.74 Å². The molecule has 0 aliphatic rings. The zero-order valence-electron chi connectivity index (χ0n) is 22.3. The number of hydrogen-bond donors (Lipinski definition) is 1. The molecule has 0 fully saturated rings. The lowest BCUT2D eigenvalue weighted by atomic mass is 10.0. The number of nitriles is 1. The third kappa shape index (κ3) is 6.63. The summed E-state index contributed by atoms with van der Waals surface area (Å²) in [7, 11) is 1.61. The lowest BCUT2D eigenvalue weighted by molar-refractivity contribution is 0.392. The molecule has 0 aliphatic heterocycles. The topological polar surface area (TPSA) is 79.0 Å². The molecule has 2 heterocycles. The van der Waals surface area contributed by atoms with Gasteiger partial charge in [-0.25, -0.2) is 9.97 Å². The van der Waals surface area contributed by atoms with Crippen molar-refractivity contribution >= 4 is 28.1 Å². The lowest BCUT2D eigenvalue weighted by Gasteiger charge is -2.26. The molecule has 40 heavy (non-hydrogen) atoms. The van der Waals surface area contributed by atoms with Gasteiger partial charge in [-0.2, -0.15) is 5.26 Å². The van der Waals surface area contributed by atoms with Gasteiger partial charge >= 0.3 is 0 Å². The Balaban J connectivity index is 1.30. The van der Waals surface area contributed by atoms with E-state index in [2.05, 4.69) is 73.3 Å². The van der Waals surface area contributed by atoms with Crippen LogP contribution in [-0.4, -0.2) is 38.2 Å². The summed E-state index contributed by atoms with van der Waals surface area (Å²) in [5.41, 5.74) is 5.13. The maximum atomic E-state index is 9.08. The van der Waals surface area contributed by atoms with Crippen LogP contribution in [0, 0.1) is 11.3 Å². The molecule has 0 bridgehead atoms. The van der Waals surface area contributed by atoms with Crippen LogP contribution in [0.3, 0.4) is 0 Å². The monoisotopic (exact) mass is 546 g/mol. The van der Waals surface area contributed by atoms with Crippen molar-refractivity contribution in [3.8, 4) is 11.9 Å². The first kappa shape index (κ1) is 26.9. The van der Waals surface area contributed by atoms with Crippen LogP contribution in [0.15, 0.2) is 97.6 Å². The highest BCUT2D eigenvalue weighted by molar-refractivity contribution is 7.80. The number of ether oxygens (including phenoxy) is 1. The highest BCUT2D eigenvalue weighted by atomic mass is 32.1. The molecule has 0 amide bonds. The van der Waals surface area contributed by atoms with Gasteiger partial charge in [0.2, 0.25) is 5.88 Å². The molecule has 1 N–H and O–H groups in total. The fourth-order valence-electron chi connectivity index (χ4n) is 4.66. The predicted octanol–water partition coefficient (Wildman–Crippen LogP) is 5.48. The molecule has 2 aromatic heterocycles. The van der Waals surface area contributed by atoms with Crippen molar-refractivity contribution in [1.29, 1.82) is 5.26 Å². The molecule has 0 spiro atoms. The van der Waals surface area contributed by atoms with E-state index in [9.17, 15) is 0 Å². The Labute approximate surface area is 239 Å². The Morgan fingerprint density at radius 2 is 1.80 bits per heavy atom. The van der Waals surface area contributed by atoms with Crippen molar-refractivity contribution in [3.63, 3.8) is 0 Å². The van der Waals surface area contributed by atoms with Crippen LogP contribution < -0.4 is 10.1 Å². The van der Waals surface area contributed by atoms with Crippen molar-refractivity contribution in [2.45, 2.75) is 26.1 Å². The number of benzene rings is 3. The van der Waals surface area contributed by atoms with E-state index in [-0.39, 0.29) is 0 Å². The molecule has 0 radical (unpaired) electrons. The standard InChI is InChI=1S/C32H30N6OS/c1-39-31-14-13-26(18-35-31)22-37(32(40)36-19-28-7-4-6-27-5-2-3-8-30(27)28)16-15-29-20-34-23-38(29)21-25-11-9-24(17-33)10-12-25/h2-14,18,20,23H,15-16,19,21-22H2,1H3,(H,36,40). The van der Waals surface area contributed by atoms with E-state index in [1.807, 2.05) is 55.1 Å². The van der Waals surface area contributed by atoms with E-state index in [0.29, 0.717) is 42.7 Å². The lowest BCUT2D eigenvalue weighted by Crippen LogP contribution is -2.40. The number of aromatic nitrogens is 3. The zero-order chi connectivity index (χ0) is 27.7. The smallest absolute Gasteiger partial charge is 0.212 e. The van der Waals surface area contributed by atoms with Gasteiger partial charge < -0.3 is 19.5 Å². The van der Waals surface area contributed by atoms with E-state index >= 15 is 0 Å². The second-order valence-electron chi connectivity index (χ2n) is 9.50. The number of methoxy groups -OCH3 is 1. The zero-order valence-corrected chi connectivity index (χ0v) is 23.1. The van der Waals surface area contributed by atoms with Crippen molar-refractivity contribution in [3.05, 3.63) is 126 Å². The van der Waals surface area contributed by atoms with E-state index in [1.165, 1.54) is 16.3 Å². The Morgan fingerprint density at radius 3 is 2.58 bits per heavy atom. The number of thiocarbonyl (C=S) groups is 1. The van der Waals surface area contributed by atoms with Crippen molar-refractivity contribution in [2.24, 2.45) is 0 Å². The second kappa shape index (κ2) is 12.9. The number of nitrogens with one attached hydrogen (secondary N) is 1. The Morgan fingerprint density at radius 1 is 1.00 bits per heavy atom. The van der Waals surface area contributed by atoms with Gasteiger partial charge in [-0.05, 0) is 51.8 Å². The van der Waals surface area contributed by atoms with Gasteiger partial charge in [0.15, 0.2) is 5.11 Å². The van der Waals surface area contributed by atoms with Gasteiger partial charge in [-0.3, -0.25) is 0 Å². The van der Waals surface area contributed by atoms with Crippen molar-refractivity contribution in [2.75, 3.05) is 13.7 Å². The minimum atomic E-state index is 0.582. The molecule has 7 nitrogen and oxygen atoms in total. The first-order chi connectivity index (χ1) is 19.6. The van der Waals surface area contributed by atoms with Crippen LogP contribution in [0.1, 0.15) is 27.9 Å². The summed E-state index contributed by atoms with van der Waals surface area (Å²) in [6.07, 6.45) is 6.34. The Bertz CT molecular complexity index is 1620. The first-order valence-electron chi connectivity index (χ1n) is 13.1. The number of pyridine rings is 1. The third-order valence-electron chi connectivity index (χ3n) is 6.85. The van der Waals surface area contributed by atoms with Gasteiger partial charge in [-0.1, -0.05) is 60.7 Å². The van der Waals surface area contributed by atoms with Crippen LogP contribution >= 0.6 is 12.2 Å². The fourth-order valence-corrected chi connectivity index (χ4v) is 4.88. The molecule has 3 aromatic carbocycles. The fraction of sp³-hybridized carbons (Fsp3) is 0.188. The third-order valence-corrected chi connectivity index (χ3v) is 7.25. The second-order valence-corrected chi connectivity index (χ2v) is 9.89. The number of fused-ring (bicyclic) bond motifs is 1. The summed E-state index contributed by atoms with van der Waals surface area (Å²) in [4.78, 5) is 10.9. The molecular formula is C32H30N6OS. The largest absolute Gasteiger partial charge is 0.481 e. The highest BCUT2D eigenvalue weighted by Gasteiger charge is 2.14. The average molecular weight is 547 g/mol. The van der Waals surface area contributed by atoms with E-state index in [1.54, 1.807) is 7.11 Å². The van der Waals surface area contributed by atoms with Crippen LogP contribution in [0.4, 0.5) is 0 Å². The summed E-state index contributed by atoms with van der Waals surface area (Å²) < 4.78 is 7.37. The summed E-state index contributed by atoms with van der Waals surface area (Å²) in [5, 5.41) is 15.7. The molecule has 200 valence electrons. The van der Waals surface area contributed by atoms with E-state index in [4.69, 9.17) is 22.2 Å². The highest BCUT2D eigenvalue weighted by Crippen LogP contribution is 2.19. The molecule has 0 unspecified atom stereocenters. The Hall–Kier alpha value is -4.74. The minimum Gasteiger partial charge on any atom is -0.481 e. The number of hydrogen-bond acceptors (Lipinski definition) is 5. The predicted molar refractivity (Wildman–Crippen MR) is 161 cm³/mol. The number of imidazole rings is 1. The molecule has 8 heteroatoms. The van der Waals surface area contributed by atoms with E-state index in [0.717, 1.165) is 23.2 Å². The van der Waals surface area contributed by atoms with Gasteiger partial charge in [0.1, 0.15) is 0 Å². The molecule has 0 atom stereocenters. The van der Waals surface area contributed by atoms with Gasteiger partial charge in [0, 0.05) is 56.8 Å². The van der Waals surface area contributed by atoms with Gasteiger partial charge in [-0.15, -0.1) is 0 Å². The molecule has 0 saturated heterocycles. The number of nitrogens with zero attached hydrogens (tertiary/aromatic N) is 5. The molecular weight excluding hydrogens is 516 g/mol. The van der Waals surface area contributed by atoms with Crippen LogP contribution in [-0.2, 0) is 26.1 Å². The maximum absolute atomic E-state index is 9.08. The summed E-state index contributed by atoms with van der Waals surface area (Å²) in [5.74, 6) is 0.582. The number of rotatable bonds is 10. The summed E-state index contributed by atoms with van der Waals surface area (Å²) in [6.45, 7) is 2.63. The minimum absolute atomic E-state index is 0.582. The average Bonchev–Trinajstić information content (AvgIpc) is 3.45. The summed E-state index contributed by atoms with van der Waals surface area (Å²) >= 11 is 5.92. The van der Waals surface area contributed by atoms with Crippen molar-refractivity contribution in [1.82, 2.24) is 24.8 Å². The van der Waals surface area contributed by atoms with Crippen LogP contribution in [0.25, 0.3) is 10.8 Å². The van der Waals surface area contributed by atoms with Crippen LogP contribution in [0.5, 0.6) is 5.88 Å². The molecule has 0 saturated carbocycles. The molecule has 5 aromatic rings. The summed E-state index contributed by atoms with van der Waals surface area (Å²) in [6, 6.07) is 28.4. The molecule has 5 rings (SSSR count). The van der Waals surface area contributed by atoms with E-state index < -0.39 is 0 Å². The Kier molecular flexibility index (Phi) is 8.64.